The molecule has 0 aliphatic heterocycles. The van der Waals surface area contributed by atoms with Crippen LogP contribution in [0.3, 0.4) is 0 Å². The summed E-state index contributed by atoms with van der Waals surface area (Å²) in [4.78, 5) is 27.6. The summed E-state index contributed by atoms with van der Waals surface area (Å²) in [5, 5.41) is 2.83. The number of rotatable bonds is 3. The topological polar surface area (TPSA) is 64.0 Å². The second kappa shape index (κ2) is 6.32. The van der Waals surface area contributed by atoms with E-state index in [9.17, 15) is 14.0 Å². The fourth-order valence-corrected chi connectivity index (χ4v) is 4.24. The average molecular weight is 374 g/mol. The standard InChI is InChI=1S/C19H18FN3O2S/c1-3-17(24)22-14-7-13(20)18-11(8-21-9-12(14)18)10-4-5-15-16(6-10)26-19(25)23(15)2/h4-6,8-9,13-14H,3,7H2,1-2H3,(H,22,24)/i2D3. The number of alkyl halides is 1. The van der Waals surface area contributed by atoms with Crippen LogP contribution >= 0.6 is 11.3 Å². The van der Waals surface area contributed by atoms with Crippen LogP contribution in [0.1, 0.15) is 47.2 Å². The van der Waals surface area contributed by atoms with Gasteiger partial charge in [-0.1, -0.05) is 24.3 Å². The molecular formula is C19H18FN3O2S. The monoisotopic (exact) mass is 374 g/mol. The Labute approximate surface area is 157 Å². The van der Waals surface area contributed by atoms with Crippen molar-refractivity contribution >= 4 is 27.5 Å². The van der Waals surface area contributed by atoms with Crippen molar-refractivity contribution in [1.29, 1.82) is 0 Å². The van der Waals surface area contributed by atoms with E-state index in [-0.39, 0.29) is 12.3 Å². The van der Waals surface area contributed by atoms with Crippen LogP contribution in [-0.2, 0) is 11.8 Å². The van der Waals surface area contributed by atoms with Gasteiger partial charge in [0.1, 0.15) is 6.17 Å². The predicted octanol–water partition coefficient (Wildman–Crippen LogP) is 3.64. The number of aryl methyl sites for hydroxylation is 1. The molecule has 2 unspecified atom stereocenters. The number of carbonyl (C=O) groups excluding carboxylic acids is 1. The van der Waals surface area contributed by atoms with Gasteiger partial charge in [-0.25, -0.2) is 4.39 Å². The van der Waals surface area contributed by atoms with E-state index < -0.39 is 24.1 Å². The number of nitrogens with zero attached hydrogens (tertiary/aromatic N) is 2. The van der Waals surface area contributed by atoms with Crippen LogP contribution in [0.15, 0.2) is 35.4 Å². The zero-order valence-electron chi connectivity index (χ0n) is 17.0. The number of benzene rings is 1. The molecule has 0 bridgehead atoms. The minimum atomic E-state index is -2.57. The van der Waals surface area contributed by atoms with Gasteiger partial charge in [0.2, 0.25) is 5.91 Å². The van der Waals surface area contributed by atoms with Crippen LogP contribution < -0.4 is 10.2 Å². The molecule has 0 radical (unpaired) electrons. The lowest BCUT2D eigenvalue weighted by molar-refractivity contribution is -0.121. The second-order valence-electron chi connectivity index (χ2n) is 6.25. The van der Waals surface area contributed by atoms with Crippen LogP contribution in [0.2, 0.25) is 0 Å². The largest absolute Gasteiger partial charge is 0.349 e. The van der Waals surface area contributed by atoms with E-state index in [1.807, 2.05) is 0 Å². The molecule has 4 rings (SSSR count). The molecule has 134 valence electrons. The van der Waals surface area contributed by atoms with Crippen molar-refractivity contribution in [1.82, 2.24) is 14.9 Å². The van der Waals surface area contributed by atoms with Crippen molar-refractivity contribution in [2.75, 3.05) is 0 Å². The minimum absolute atomic E-state index is 0.144. The Morgan fingerprint density at radius 2 is 2.35 bits per heavy atom. The number of amides is 1. The van der Waals surface area contributed by atoms with Gasteiger partial charge < -0.3 is 9.88 Å². The molecule has 1 aromatic carbocycles. The van der Waals surface area contributed by atoms with E-state index in [0.29, 0.717) is 38.9 Å². The Balaban J connectivity index is 1.82. The Bertz CT molecular complexity index is 1170. The molecule has 0 saturated heterocycles. The molecular weight excluding hydrogens is 353 g/mol. The Morgan fingerprint density at radius 1 is 1.50 bits per heavy atom. The number of thiazole rings is 1. The van der Waals surface area contributed by atoms with Crippen molar-refractivity contribution in [3.63, 3.8) is 0 Å². The van der Waals surface area contributed by atoms with Crippen molar-refractivity contribution in [2.45, 2.75) is 32.0 Å². The first kappa shape index (κ1) is 13.6. The maximum Gasteiger partial charge on any atom is 0.307 e. The van der Waals surface area contributed by atoms with Crippen LogP contribution in [0.4, 0.5) is 4.39 Å². The van der Waals surface area contributed by atoms with Gasteiger partial charge in [0.05, 0.1) is 16.3 Å². The molecule has 0 saturated carbocycles. The van der Waals surface area contributed by atoms with E-state index in [2.05, 4.69) is 10.3 Å². The first-order valence-corrected chi connectivity index (χ1v) is 9.10. The summed E-state index contributed by atoms with van der Waals surface area (Å²) in [7, 11) is 0. The van der Waals surface area contributed by atoms with Crippen molar-refractivity contribution in [3.05, 3.63) is 51.4 Å². The molecule has 1 N–H and O–H groups in total. The highest BCUT2D eigenvalue weighted by atomic mass is 32.1. The van der Waals surface area contributed by atoms with Gasteiger partial charge in [0.15, 0.2) is 0 Å². The van der Waals surface area contributed by atoms with Crippen molar-refractivity contribution in [3.8, 4) is 11.1 Å². The number of hydrogen-bond acceptors (Lipinski definition) is 4. The maximum atomic E-state index is 14.9. The average Bonchev–Trinajstić information content (AvgIpc) is 3.16. The lowest BCUT2D eigenvalue weighted by atomic mass is 9.98. The quantitative estimate of drug-likeness (QED) is 0.761. The minimum Gasteiger partial charge on any atom is -0.349 e. The molecule has 2 atom stereocenters. The normalized spacial score (nSPS) is 21.1. The van der Waals surface area contributed by atoms with E-state index >= 15 is 0 Å². The summed E-state index contributed by atoms with van der Waals surface area (Å²) >= 11 is 0.837. The molecule has 2 aromatic heterocycles. The van der Waals surface area contributed by atoms with Gasteiger partial charge >= 0.3 is 4.87 Å². The molecule has 3 aromatic rings. The van der Waals surface area contributed by atoms with Crippen LogP contribution in [0, 0.1) is 0 Å². The Hall–Kier alpha value is -2.54. The third-order valence-electron chi connectivity index (χ3n) is 4.70. The van der Waals surface area contributed by atoms with E-state index in [4.69, 9.17) is 4.11 Å². The summed E-state index contributed by atoms with van der Waals surface area (Å²) in [5.41, 5.74) is 2.65. The predicted molar refractivity (Wildman–Crippen MR) is 99.9 cm³/mol. The molecule has 26 heavy (non-hydrogen) atoms. The molecule has 2 heterocycles. The number of fused-ring (bicyclic) bond motifs is 2. The number of nitrogens with one attached hydrogen (secondary N) is 1. The summed E-state index contributed by atoms with van der Waals surface area (Å²) in [6.07, 6.45) is 2.32. The van der Waals surface area contributed by atoms with E-state index in [0.717, 1.165) is 15.9 Å². The van der Waals surface area contributed by atoms with Crippen LogP contribution in [0.5, 0.6) is 0 Å². The Kier molecular flexibility index (Phi) is 3.31. The highest BCUT2D eigenvalue weighted by Crippen LogP contribution is 2.45. The molecule has 5 nitrogen and oxygen atoms in total. The van der Waals surface area contributed by atoms with E-state index in [1.165, 1.54) is 0 Å². The zero-order chi connectivity index (χ0) is 20.9. The number of pyridine rings is 1. The fraction of sp³-hybridized carbons (Fsp3) is 0.316. The molecule has 1 aliphatic rings. The van der Waals surface area contributed by atoms with Gasteiger partial charge in [-0.15, -0.1) is 0 Å². The summed E-state index contributed by atoms with van der Waals surface area (Å²) < 4.78 is 38.9. The fourth-order valence-electron chi connectivity index (χ4n) is 3.42. The summed E-state index contributed by atoms with van der Waals surface area (Å²) in [6, 6.07) is 4.48. The smallest absolute Gasteiger partial charge is 0.307 e. The van der Waals surface area contributed by atoms with Crippen molar-refractivity contribution < 1.29 is 13.3 Å². The number of hydrogen-bond donors (Lipinski definition) is 1. The number of halogens is 1. The first-order valence-electron chi connectivity index (χ1n) is 9.78. The number of carbonyl (C=O) groups is 1. The highest BCUT2D eigenvalue weighted by Gasteiger charge is 2.34. The molecule has 0 fully saturated rings. The molecule has 7 heteroatoms. The van der Waals surface area contributed by atoms with E-state index in [1.54, 1.807) is 37.5 Å². The second-order valence-corrected chi connectivity index (χ2v) is 7.25. The van der Waals surface area contributed by atoms with Gasteiger partial charge in [-0.3, -0.25) is 14.6 Å². The van der Waals surface area contributed by atoms with Gasteiger partial charge in [-0.2, -0.15) is 0 Å². The zero-order valence-corrected chi connectivity index (χ0v) is 14.8. The SMILES string of the molecule is [2H]C([2H])([2H])n1c(=O)sc2cc(-c3cncc4c3C(F)CC4NC(=O)CC)ccc21. The van der Waals surface area contributed by atoms with Crippen molar-refractivity contribution in [2.24, 2.45) is 6.98 Å². The van der Waals surface area contributed by atoms with Crippen LogP contribution in [0.25, 0.3) is 21.3 Å². The lowest BCUT2D eigenvalue weighted by Gasteiger charge is -2.13. The maximum absolute atomic E-state index is 14.9. The molecule has 0 spiro atoms. The lowest BCUT2D eigenvalue weighted by Crippen LogP contribution is -2.26. The third kappa shape index (κ3) is 2.63. The highest BCUT2D eigenvalue weighted by molar-refractivity contribution is 7.16. The molecule has 1 amide bonds. The first-order chi connectivity index (χ1) is 13.7. The van der Waals surface area contributed by atoms with Gasteiger partial charge in [0.25, 0.3) is 0 Å². The molecule has 1 aliphatic carbocycles. The summed E-state index contributed by atoms with van der Waals surface area (Å²) in [5.74, 6) is -0.155. The number of aromatic nitrogens is 2. The third-order valence-corrected chi connectivity index (χ3v) is 5.60. The Morgan fingerprint density at radius 3 is 3.12 bits per heavy atom. The van der Waals surface area contributed by atoms with Crippen LogP contribution in [-0.4, -0.2) is 15.5 Å². The summed E-state index contributed by atoms with van der Waals surface area (Å²) in [6.45, 7) is -0.833. The van der Waals surface area contributed by atoms with Gasteiger partial charge in [-0.05, 0) is 23.3 Å². The van der Waals surface area contributed by atoms with Gasteiger partial charge in [0, 0.05) is 47.5 Å².